The van der Waals surface area contributed by atoms with Gasteiger partial charge in [0.25, 0.3) is 0 Å². The van der Waals surface area contributed by atoms with Crippen LogP contribution in [-0.2, 0) is 6.54 Å². The predicted octanol–water partition coefficient (Wildman–Crippen LogP) is 3.59. The molecule has 2 N–H and O–H groups in total. The highest BCUT2D eigenvalue weighted by Crippen LogP contribution is 2.21. The monoisotopic (exact) mass is 258 g/mol. The molecule has 0 unspecified atom stereocenters. The second-order valence-corrected chi connectivity index (χ2v) is 4.97. The summed E-state index contributed by atoms with van der Waals surface area (Å²) in [4.78, 5) is 0. The number of hydrogen-bond donors (Lipinski definition) is 1. The van der Waals surface area contributed by atoms with Gasteiger partial charge in [-0.05, 0) is 25.0 Å². The van der Waals surface area contributed by atoms with Crippen molar-refractivity contribution in [3.63, 3.8) is 0 Å². The van der Waals surface area contributed by atoms with E-state index in [0.717, 1.165) is 23.6 Å². The third-order valence-electron chi connectivity index (χ3n) is 3.33. The molecule has 0 atom stereocenters. The molecule has 2 aromatic rings. The zero-order chi connectivity index (χ0) is 13.3. The minimum Gasteiger partial charge on any atom is -0.455 e. The lowest BCUT2D eigenvalue weighted by Gasteiger charge is -2.00. The van der Waals surface area contributed by atoms with Crippen molar-refractivity contribution in [1.29, 1.82) is 0 Å². The van der Waals surface area contributed by atoms with Gasteiger partial charge in [-0.2, -0.15) is 0 Å². The number of nitrogens with two attached hydrogens (primary N) is 1. The fraction of sp³-hybridized carbons (Fsp3) is 0.412. The molecule has 0 aliphatic carbocycles. The van der Waals surface area contributed by atoms with Gasteiger partial charge in [0, 0.05) is 5.56 Å². The average Bonchev–Trinajstić information content (AvgIpc) is 2.92. The van der Waals surface area contributed by atoms with Crippen LogP contribution >= 0.6 is 0 Å². The van der Waals surface area contributed by atoms with E-state index in [4.69, 9.17) is 4.42 Å². The second kappa shape index (κ2) is 7.80. The van der Waals surface area contributed by atoms with Crippen molar-refractivity contribution in [2.75, 3.05) is 6.54 Å². The van der Waals surface area contributed by atoms with Gasteiger partial charge in [-0.1, -0.05) is 50.1 Å². The fourth-order valence-corrected chi connectivity index (χ4v) is 2.20. The minimum atomic E-state index is 0.943. The molecule has 102 valence electrons. The molecule has 0 aliphatic heterocycles. The Morgan fingerprint density at radius 3 is 2.58 bits per heavy atom. The molecule has 2 nitrogen and oxygen atoms in total. The average molecular weight is 258 g/mol. The summed E-state index contributed by atoms with van der Waals surface area (Å²) in [5.41, 5.74) is 1.15. The molecule has 0 radical (unpaired) electrons. The van der Waals surface area contributed by atoms with Crippen molar-refractivity contribution >= 4 is 0 Å². The Morgan fingerprint density at radius 1 is 0.947 bits per heavy atom. The lowest BCUT2D eigenvalue weighted by atomic mass is 10.2. The summed E-state index contributed by atoms with van der Waals surface area (Å²) in [6.45, 7) is 4.39. The highest BCUT2D eigenvalue weighted by Gasteiger charge is 2.05. The van der Waals surface area contributed by atoms with Gasteiger partial charge in [-0.25, -0.2) is 0 Å². The summed E-state index contributed by atoms with van der Waals surface area (Å²) in [6, 6.07) is 14.4. The van der Waals surface area contributed by atoms with E-state index in [0.29, 0.717) is 0 Å². The topological polar surface area (TPSA) is 29.8 Å². The normalized spacial score (nSPS) is 10.8. The van der Waals surface area contributed by atoms with Gasteiger partial charge in [-0.15, -0.1) is 0 Å². The van der Waals surface area contributed by atoms with E-state index < -0.39 is 0 Å². The molecule has 1 aromatic heterocycles. The van der Waals surface area contributed by atoms with E-state index in [1.165, 1.54) is 32.2 Å². The Kier molecular flexibility index (Phi) is 5.70. The lowest BCUT2D eigenvalue weighted by Crippen LogP contribution is -2.82. The Bertz CT molecular complexity index is 461. The Hall–Kier alpha value is -1.54. The largest absolute Gasteiger partial charge is 0.455 e. The summed E-state index contributed by atoms with van der Waals surface area (Å²) in [6.07, 6.45) is 5.31. The number of quaternary nitrogens is 1. The van der Waals surface area contributed by atoms with Crippen molar-refractivity contribution in [2.45, 2.75) is 39.2 Å². The number of unbranched alkanes of at least 4 members (excludes halogenated alkanes) is 3. The number of furan rings is 1. The molecule has 1 aromatic carbocycles. The van der Waals surface area contributed by atoms with E-state index in [9.17, 15) is 0 Å². The van der Waals surface area contributed by atoms with Crippen LogP contribution in [0.15, 0.2) is 46.9 Å². The van der Waals surface area contributed by atoms with Gasteiger partial charge >= 0.3 is 0 Å². The Labute approximate surface area is 115 Å². The molecule has 0 fully saturated rings. The van der Waals surface area contributed by atoms with E-state index in [2.05, 4.69) is 36.5 Å². The van der Waals surface area contributed by atoms with Crippen molar-refractivity contribution < 1.29 is 9.73 Å². The van der Waals surface area contributed by atoms with Gasteiger partial charge in [0.2, 0.25) is 0 Å². The molecule has 0 saturated heterocycles. The maximum atomic E-state index is 5.87. The second-order valence-electron chi connectivity index (χ2n) is 4.97. The van der Waals surface area contributed by atoms with Crippen LogP contribution in [0, 0.1) is 0 Å². The molecule has 2 heteroatoms. The summed E-state index contributed by atoms with van der Waals surface area (Å²) < 4.78 is 5.87. The minimum absolute atomic E-state index is 0.943. The third kappa shape index (κ3) is 4.56. The zero-order valence-corrected chi connectivity index (χ0v) is 11.8. The molecule has 0 amide bonds. The lowest BCUT2D eigenvalue weighted by molar-refractivity contribution is -0.672. The summed E-state index contributed by atoms with van der Waals surface area (Å²) in [5, 5.41) is 2.34. The van der Waals surface area contributed by atoms with Crippen LogP contribution in [0.25, 0.3) is 11.3 Å². The molecule has 1 heterocycles. The molecule has 0 bridgehead atoms. The van der Waals surface area contributed by atoms with E-state index in [1.807, 2.05) is 18.2 Å². The van der Waals surface area contributed by atoms with Crippen LogP contribution in [0.3, 0.4) is 0 Å². The van der Waals surface area contributed by atoms with Crippen molar-refractivity contribution in [3.05, 3.63) is 48.2 Å². The predicted molar refractivity (Wildman–Crippen MR) is 78.8 cm³/mol. The smallest absolute Gasteiger partial charge is 0.158 e. The molecular formula is C17H24NO+. The van der Waals surface area contributed by atoms with Crippen molar-refractivity contribution in [1.82, 2.24) is 0 Å². The van der Waals surface area contributed by atoms with Gasteiger partial charge < -0.3 is 9.73 Å². The van der Waals surface area contributed by atoms with Gasteiger partial charge in [0.05, 0.1) is 6.54 Å². The SMILES string of the molecule is CCCCCC[NH2+]Cc1ccc(-c2ccccc2)o1. The first kappa shape index (κ1) is 13.9. The Morgan fingerprint density at radius 2 is 1.79 bits per heavy atom. The highest BCUT2D eigenvalue weighted by atomic mass is 16.3. The number of hydrogen-bond acceptors (Lipinski definition) is 1. The van der Waals surface area contributed by atoms with Crippen LogP contribution < -0.4 is 5.32 Å². The summed E-state index contributed by atoms with van der Waals surface area (Å²) >= 11 is 0. The maximum absolute atomic E-state index is 5.87. The van der Waals surface area contributed by atoms with Crippen LogP contribution in [0.5, 0.6) is 0 Å². The van der Waals surface area contributed by atoms with Crippen molar-refractivity contribution in [2.24, 2.45) is 0 Å². The van der Waals surface area contributed by atoms with Crippen molar-refractivity contribution in [3.8, 4) is 11.3 Å². The molecule has 0 saturated carbocycles. The maximum Gasteiger partial charge on any atom is 0.158 e. The number of rotatable bonds is 8. The first-order valence-corrected chi connectivity index (χ1v) is 7.36. The Balaban J connectivity index is 1.75. The van der Waals surface area contributed by atoms with Gasteiger partial charge in [-0.3, -0.25) is 0 Å². The summed E-state index contributed by atoms with van der Waals surface area (Å²) in [5.74, 6) is 2.03. The first-order valence-electron chi connectivity index (χ1n) is 7.36. The van der Waals surface area contributed by atoms with E-state index in [-0.39, 0.29) is 0 Å². The quantitative estimate of drug-likeness (QED) is 0.720. The van der Waals surface area contributed by atoms with E-state index in [1.54, 1.807) is 0 Å². The third-order valence-corrected chi connectivity index (χ3v) is 3.33. The first-order chi connectivity index (χ1) is 9.40. The zero-order valence-electron chi connectivity index (χ0n) is 11.8. The van der Waals surface area contributed by atoms with Crippen LogP contribution in [-0.4, -0.2) is 6.54 Å². The standard InChI is InChI=1S/C17H23NO/c1-2-3-4-8-13-18-14-16-11-12-17(19-16)15-9-6-5-7-10-15/h5-7,9-12,18H,2-4,8,13-14H2,1H3/p+1. The summed E-state index contributed by atoms with van der Waals surface area (Å²) in [7, 11) is 0. The molecule has 0 aliphatic rings. The highest BCUT2D eigenvalue weighted by molar-refractivity contribution is 5.57. The molecule has 0 spiro atoms. The van der Waals surface area contributed by atoms with Crippen LogP contribution in [0.4, 0.5) is 0 Å². The van der Waals surface area contributed by atoms with Gasteiger partial charge in [0.15, 0.2) is 5.76 Å². The molecular weight excluding hydrogens is 234 g/mol. The van der Waals surface area contributed by atoms with E-state index >= 15 is 0 Å². The molecule has 19 heavy (non-hydrogen) atoms. The fourth-order valence-electron chi connectivity index (χ4n) is 2.20. The van der Waals surface area contributed by atoms with Crippen LogP contribution in [0.1, 0.15) is 38.4 Å². The number of benzene rings is 1. The molecule has 2 rings (SSSR count). The van der Waals surface area contributed by atoms with Crippen LogP contribution in [0.2, 0.25) is 0 Å². The van der Waals surface area contributed by atoms with Gasteiger partial charge in [0.1, 0.15) is 12.3 Å².